The average Bonchev–Trinajstić information content (AvgIpc) is 2.15. The molecule has 0 radical (unpaired) electrons. The Kier molecular flexibility index (Phi) is 4.18. The van der Waals surface area contributed by atoms with Gasteiger partial charge in [-0.1, -0.05) is 12.1 Å². The fraction of sp³-hybridized carbons (Fsp3) is 0.400. The monoisotopic (exact) mass is 257 g/mol. The summed E-state index contributed by atoms with van der Waals surface area (Å²) in [6.07, 6.45) is 0. The molecular formula is C10H16BNO4S. The fourth-order valence-corrected chi connectivity index (χ4v) is 2.88. The Hall–Kier alpha value is -1.05. The summed E-state index contributed by atoms with van der Waals surface area (Å²) >= 11 is 0. The Bertz CT molecular complexity index is 481. The summed E-state index contributed by atoms with van der Waals surface area (Å²) in [4.78, 5) is 0.0176. The molecule has 7 heteroatoms. The lowest BCUT2D eigenvalue weighted by Crippen LogP contribution is -2.40. The molecule has 0 spiro atoms. The third kappa shape index (κ3) is 4.03. The molecule has 0 atom stereocenters. The van der Waals surface area contributed by atoms with Crippen molar-refractivity contribution in [3.8, 4) is 5.75 Å². The fourth-order valence-electron chi connectivity index (χ4n) is 1.32. The standard InChI is InChI=1S/C10H16BNO4S/c1-10(2,3)12-17(14,15)9-7-5-4-6-8(9)16-11-13/h4-7,11-13H,1-3H3. The molecule has 1 aromatic rings. The summed E-state index contributed by atoms with van der Waals surface area (Å²) in [5, 5.41) is 8.70. The second-order valence-electron chi connectivity index (χ2n) is 4.58. The highest BCUT2D eigenvalue weighted by atomic mass is 32.2. The van der Waals surface area contributed by atoms with E-state index in [1.807, 2.05) is 0 Å². The molecule has 0 amide bonds. The predicted molar refractivity (Wildman–Crippen MR) is 66.5 cm³/mol. The first-order valence-electron chi connectivity index (χ1n) is 5.13. The molecule has 0 saturated carbocycles. The van der Waals surface area contributed by atoms with Gasteiger partial charge in [0.15, 0.2) is 0 Å². The van der Waals surface area contributed by atoms with E-state index in [2.05, 4.69) is 4.72 Å². The lowest BCUT2D eigenvalue weighted by Gasteiger charge is -2.21. The second kappa shape index (κ2) is 5.08. The van der Waals surface area contributed by atoms with E-state index < -0.39 is 23.2 Å². The van der Waals surface area contributed by atoms with Gasteiger partial charge in [-0.3, -0.25) is 0 Å². The number of rotatable bonds is 4. The minimum absolute atomic E-state index is 0.0176. The van der Waals surface area contributed by atoms with Crippen LogP contribution >= 0.6 is 0 Å². The quantitative estimate of drug-likeness (QED) is 0.765. The van der Waals surface area contributed by atoms with E-state index in [9.17, 15) is 8.42 Å². The van der Waals surface area contributed by atoms with Crippen LogP contribution in [0.1, 0.15) is 20.8 Å². The summed E-state index contributed by atoms with van der Waals surface area (Å²) in [5.41, 5.74) is -0.578. The van der Waals surface area contributed by atoms with Crippen molar-refractivity contribution in [1.82, 2.24) is 4.72 Å². The first-order valence-corrected chi connectivity index (χ1v) is 6.61. The van der Waals surface area contributed by atoms with Crippen LogP contribution < -0.4 is 9.38 Å². The van der Waals surface area contributed by atoms with E-state index >= 15 is 0 Å². The van der Waals surface area contributed by atoms with Crippen molar-refractivity contribution in [2.24, 2.45) is 0 Å². The molecule has 5 nitrogen and oxygen atoms in total. The van der Waals surface area contributed by atoms with Gasteiger partial charge in [0, 0.05) is 5.54 Å². The second-order valence-corrected chi connectivity index (χ2v) is 6.23. The van der Waals surface area contributed by atoms with E-state index in [0.29, 0.717) is 0 Å². The van der Waals surface area contributed by atoms with Crippen LogP contribution in [0.25, 0.3) is 0 Å². The highest BCUT2D eigenvalue weighted by Crippen LogP contribution is 2.23. The molecule has 17 heavy (non-hydrogen) atoms. The van der Waals surface area contributed by atoms with E-state index in [0.717, 1.165) is 0 Å². The lowest BCUT2D eigenvalue weighted by atomic mass is 10.1. The molecule has 1 rings (SSSR count). The maximum Gasteiger partial charge on any atom is 0.504 e. The van der Waals surface area contributed by atoms with E-state index in [1.54, 1.807) is 32.9 Å². The number of para-hydroxylation sites is 1. The van der Waals surface area contributed by atoms with Crippen molar-refractivity contribution in [3.63, 3.8) is 0 Å². The van der Waals surface area contributed by atoms with E-state index in [4.69, 9.17) is 9.68 Å². The van der Waals surface area contributed by atoms with Crippen molar-refractivity contribution in [2.45, 2.75) is 31.2 Å². The molecule has 0 heterocycles. The zero-order valence-corrected chi connectivity index (χ0v) is 10.9. The van der Waals surface area contributed by atoms with Crippen molar-refractivity contribution < 1.29 is 18.1 Å². The van der Waals surface area contributed by atoms with Crippen molar-refractivity contribution >= 4 is 17.7 Å². The summed E-state index contributed by atoms with van der Waals surface area (Å²) in [7, 11) is -4.22. The third-order valence-electron chi connectivity index (χ3n) is 1.80. The zero-order valence-electron chi connectivity index (χ0n) is 10.1. The van der Waals surface area contributed by atoms with Crippen LogP contribution in [0.5, 0.6) is 5.75 Å². The van der Waals surface area contributed by atoms with Crippen molar-refractivity contribution in [1.29, 1.82) is 0 Å². The highest BCUT2D eigenvalue weighted by molar-refractivity contribution is 7.89. The summed E-state index contributed by atoms with van der Waals surface area (Å²) < 4.78 is 31.5. The molecule has 1 aromatic carbocycles. The largest absolute Gasteiger partial charge is 0.538 e. The van der Waals surface area contributed by atoms with Gasteiger partial charge in [-0.15, -0.1) is 0 Å². The first kappa shape index (κ1) is 14.0. The zero-order chi connectivity index (χ0) is 13.1. The first-order chi connectivity index (χ1) is 7.76. The van der Waals surface area contributed by atoms with Crippen LogP contribution in [0.3, 0.4) is 0 Å². The van der Waals surface area contributed by atoms with Crippen LogP contribution in [-0.2, 0) is 10.0 Å². The van der Waals surface area contributed by atoms with Gasteiger partial charge in [0.2, 0.25) is 10.0 Å². The molecule has 0 saturated heterocycles. The normalized spacial score (nSPS) is 12.2. The molecule has 0 bridgehead atoms. The molecule has 0 aliphatic carbocycles. The van der Waals surface area contributed by atoms with Crippen LogP contribution in [0.4, 0.5) is 0 Å². The van der Waals surface area contributed by atoms with Gasteiger partial charge >= 0.3 is 7.69 Å². The van der Waals surface area contributed by atoms with Gasteiger partial charge in [0.1, 0.15) is 10.6 Å². The van der Waals surface area contributed by atoms with E-state index in [-0.39, 0.29) is 10.6 Å². The number of benzene rings is 1. The number of nitrogens with one attached hydrogen (secondary N) is 1. The lowest BCUT2D eigenvalue weighted by molar-refractivity contribution is 0.444. The van der Waals surface area contributed by atoms with Gasteiger partial charge in [0.05, 0.1) is 0 Å². The molecule has 2 N–H and O–H groups in total. The average molecular weight is 257 g/mol. The molecule has 0 aromatic heterocycles. The summed E-state index contributed by atoms with van der Waals surface area (Å²) in [6.45, 7) is 5.25. The van der Waals surface area contributed by atoms with Gasteiger partial charge in [-0.05, 0) is 32.9 Å². The van der Waals surface area contributed by atoms with Crippen LogP contribution in [0.2, 0.25) is 0 Å². The summed E-state index contributed by atoms with van der Waals surface area (Å²) in [6, 6.07) is 6.16. The van der Waals surface area contributed by atoms with Crippen molar-refractivity contribution in [3.05, 3.63) is 24.3 Å². The maximum atomic E-state index is 12.1. The maximum absolute atomic E-state index is 12.1. The molecule has 0 fully saturated rings. The molecule has 0 aliphatic rings. The smallest absolute Gasteiger partial charge is 0.504 e. The number of hydrogen-bond acceptors (Lipinski definition) is 4. The van der Waals surface area contributed by atoms with E-state index in [1.165, 1.54) is 12.1 Å². The predicted octanol–water partition coefficient (Wildman–Crippen LogP) is 0.401. The Balaban J connectivity index is 3.15. The molecular weight excluding hydrogens is 241 g/mol. The Morgan fingerprint density at radius 1 is 1.29 bits per heavy atom. The molecule has 0 aliphatic heterocycles. The van der Waals surface area contributed by atoms with Gasteiger partial charge < -0.3 is 9.68 Å². The Morgan fingerprint density at radius 2 is 1.88 bits per heavy atom. The van der Waals surface area contributed by atoms with Crippen LogP contribution in [0.15, 0.2) is 29.2 Å². The molecule has 94 valence electrons. The van der Waals surface area contributed by atoms with Crippen LogP contribution in [0, 0.1) is 0 Å². The Morgan fingerprint density at radius 3 is 2.41 bits per heavy atom. The van der Waals surface area contributed by atoms with Crippen molar-refractivity contribution in [2.75, 3.05) is 0 Å². The van der Waals surface area contributed by atoms with Gasteiger partial charge in [-0.25, -0.2) is 13.1 Å². The topological polar surface area (TPSA) is 75.6 Å². The highest BCUT2D eigenvalue weighted by Gasteiger charge is 2.24. The summed E-state index contributed by atoms with van der Waals surface area (Å²) in [5.74, 6) is 0.131. The van der Waals surface area contributed by atoms with Gasteiger partial charge in [0.25, 0.3) is 0 Å². The minimum Gasteiger partial charge on any atom is -0.538 e. The van der Waals surface area contributed by atoms with Gasteiger partial charge in [-0.2, -0.15) is 0 Å². The third-order valence-corrected chi connectivity index (χ3v) is 3.60. The number of sulfonamides is 1. The SMILES string of the molecule is CC(C)(C)NS(=O)(=O)c1ccccc1OBO. The number of hydrogen-bond donors (Lipinski definition) is 2. The molecule has 0 unspecified atom stereocenters. The Labute approximate surface area is 102 Å². The van der Waals surface area contributed by atoms with Crippen LogP contribution in [-0.4, -0.2) is 26.7 Å². The minimum atomic E-state index is -3.66.